The van der Waals surface area contributed by atoms with Crippen LogP contribution in [0.15, 0.2) is 23.1 Å². The maximum Gasteiger partial charge on any atom is 0.343 e. The number of hydrogen-bond acceptors (Lipinski definition) is 6. The lowest BCUT2D eigenvalue weighted by Gasteiger charge is -2.18. The van der Waals surface area contributed by atoms with Crippen LogP contribution in [0, 0.1) is 0 Å². The molecule has 156 valence electrons. The topological polar surface area (TPSA) is 107 Å². The molecule has 2 aromatic rings. The summed E-state index contributed by atoms with van der Waals surface area (Å²) >= 11 is 6.46. The summed E-state index contributed by atoms with van der Waals surface area (Å²) in [6.07, 6.45) is 3.86. The third kappa shape index (κ3) is 4.89. The van der Waals surface area contributed by atoms with Crippen LogP contribution in [0.25, 0.3) is 10.9 Å². The van der Waals surface area contributed by atoms with Gasteiger partial charge in [-0.3, -0.25) is 9.59 Å². The van der Waals surface area contributed by atoms with Crippen molar-refractivity contribution in [3.8, 4) is 0 Å². The van der Waals surface area contributed by atoms with Crippen LogP contribution < -0.4 is 16.5 Å². The number of nitrogens with two attached hydrogens (primary N) is 1. The van der Waals surface area contributed by atoms with Crippen LogP contribution in [0.4, 0.5) is 5.69 Å². The van der Waals surface area contributed by atoms with E-state index in [1.807, 2.05) is 16.5 Å². The van der Waals surface area contributed by atoms with Crippen molar-refractivity contribution in [3.05, 3.63) is 39.1 Å². The molecule has 8 nitrogen and oxygen atoms in total. The van der Waals surface area contributed by atoms with E-state index in [-0.39, 0.29) is 22.9 Å². The highest BCUT2D eigenvalue weighted by Crippen LogP contribution is 2.38. The Balaban J connectivity index is 1.87. The number of methoxy groups -OCH3 is 1. The molecule has 9 heteroatoms. The standard InChI is InChI=1S/C20H25ClN4O4/c1-24(7-5-18(22)26)8-6-23-16-9-13-17(10-15(16)21)25(12-3-4-12)11-14(19(13)27)20(28)29-2/h9-12,23H,3-8H2,1-2H3,(H2,22,26). The number of carbonyl (C=O) groups is 2. The Bertz CT molecular complexity index is 1000. The lowest BCUT2D eigenvalue weighted by Crippen LogP contribution is -2.29. The number of aromatic nitrogens is 1. The minimum absolute atomic E-state index is 0.0198. The molecular weight excluding hydrogens is 396 g/mol. The molecule has 3 N–H and O–H groups in total. The molecule has 0 bridgehead atoms. The molecule has 0 spiro atoms. The van der Waals surface area contributed by atoms with Crippen molar-refractivity contribution in [1.82, 2.24) is 9.47 Å². The normalized spacial score (nSPS) is 13.7. The summed E-state index contributed by atoms with van der Waals surface area (Å²) in [5.74, 6) is -0.984. The van der Waals surface area contributed by atoms with Gasteiger partial charge >= 0.3 is 5.97 Å². The van der Waals surface area contributed by atoms with E-state index in [2.05, 4.69) is 5.32 Å². The molecule has 1 fully saturated rings. The quantitative estimate of drug-likeness (QED) is 0.601. The lowest BCUT2D eigenvalue weighted by atomic mass is 10.1. The maximum absolute atomic E-state index is 12.9. The minimum atomic E-state index is -0.646. The lowest BCUT2D eigenvalue weighted by molar-refractivity contribution is -0.118. The highest BCUT2D eigenvalue weighted by atomic mass is 35.5. The van der Waals surface area contributed by atoms with Gasteiger partial charge in [0.2, 0.25) is 11.3 Å². The van der Waals surface area contributed by atoms with E-state index < -0.39 is 5.97 Å². The number of likely N-dealkylation sites (N-methyl/N-ethyl adjacent to an activating group) is 1. The second-order valence-corrected chi connectivity index (χ2v) is 7.70. The Morgan fingerprint density at radius 2 is 2.07 bits per heavy atom. The molecule has 0 atom stereocenters. The van der Waals surface area contributed by atoms with Gasteiger partial charge in [0, 0.05) is 43.7 Å². The van der Waals surface area contributed by atoms with E-state index >= 15 is 0 Å². The zero-order valence-electron chi connectivity index (χ0n) is 16.5. The van der Waals surface area contributed by atoms with Crippen LogP contribution in [-0.4, -0.2) is 55.1 Å². The van der Waals surface area contributed by atoms with Crippen LogP contribution in [0.5, 0.6) is 0 Å². The molecular formula is C20H25ClN4O4. The Labute approximate surface area is 173 Å². The zero-order valence-corrected chi connectivity index (χ0v) is 17.3. The maximum atomic E-state index is 12.9. The number of amides is 1. The van der Waals surface area contributed by atoms with E-state index in [4.69, 9.17) is 22.1 Å². The zero-order chi connectivity index (χ0) is 21.1. The van der Waals surface area contributed by atoms with Crippen LogP contribution in [0.1, 0.15) is 35.7 Å². The first-order chi connectivity index (χ1) is 13.8. The number of halogens is 1. The van der Waals surface area contributed by atoms with Crippen molar-refractivity contribution in [1.29, 1.82) is 0 Å². The Morgan fingerprint density at radius 3 is 2.69 bits per heavy atom. The Morgan fingerprint density at radius 1 is 1.34 bits per heavy atom. The van der Waals surface area contributed by atoms with Crippen molar-refractivity contribution in [2.45, 2.75) is 25.3 Å². The first kappa shape index (κ1) is 21.1. The number of primary amides is 1. The number of esters is 1. The number of benzene rings is 1. The van der Waals surface area contributed by atoms with Gasteiger partial charge < -0.3 is 25.3 Å². The summed E-state index contributed by atoms with van der Waals surface area (Å²) in [5, 5.41) is 4.15. The Kier molecular flexibility index (Phi) is 6.44. The molecule has 0 unspecified atom stereocenters. The van der Waals surface area contributed by atoms with E-state index in [1.165, 1.54) is 7.11 Å². The number of nitrogens with zero attached hydrogens (tertiary/aromatic N) is 2. The predicted molar refractivity (Wildman–Crippen MR) is 113 cm³/mol. The van der Waals surface area contributed by atoms with E-state index in [0.29, 0.717) is 47.7 Å². The summed E-state index contributed by atoms with van der Waals surface area (Å²) < 4.78 is 6.71. The molecule has 1 saturated carbocycles. The van der Waals surface area contributed by atoms with Crippen LogP contribution in [0.2, 0.25) is 5.02 Å². The number of rotatable bonds is 9. The van der Waals surface area contributed by atoms with E-state index in [9.17, 15) is 14.4 Å². The highest BCUT2D eigenvalue weighted by molar-refractivity contribution is 6.34. The molecule has 0 aliphatic heterocycles. The van der Waals surface area contributed by atoms with Gasteiger partial charge in [-0.2, -0.15) is 0 Å². The first-order valence-electron chi connectivity index (χ1n) is 9.49. The molecule has 0 saturated heterocycles. The van der Waals surface area contributed by atoms with Gasteiger partial charge in [0.05, 0.1) is 23.3 Å². The van der Waals surface area contributed by atoms with Gasteiger partial charge in [0.25, 0.3) is 0 Å². The van der Waals surface area contributed by atoms with Gasteiger partial charge in [0.15, 0.2) is 0 Å². The van der Waals surface area contributed by atoms with Crippen LogP contribution >= 0.6 is 11.6 Å². The fourth-order valence-electron chi connectivity index (χ4n) is 3.21. The number of pyridine rings is 1. The first-order valence-corrected chi connectivity index (χ1v) is 9.87. The summed E-state index contributed by atoms with van der Waals surface area (Å²) in [6, 6.07) is 3.71. The van der Waals surface area contributed by atoms with E-state index in [0.717, 1.165) is 12.8 Å². The second-order valence-electron chi connectivity index (χ2n) is 7.30. The summed E-state index contributed by atoms with van der Waals surface area (Å²) in [5.41, 5.74) is 6.13. The monoisotopic (exact) mass is 420 g/mol. The summed E-state index contributed by atoms with van der Waals surface area (Å²) in [6.45, 7) is 1.79. The molecule has 1 amide bonds. The van der Waals surface area contributed by atoms with Crippen LogP contribution in [0.3, 0.4) is 0 Å². The molecule has 3 rings (SSSR count). The largest absolute Gasteiger partial charge is 0.465 e. The van der Waals surface area contributed by atoms with Crippen molar-refractivity contribution in [2.24, 2.45) is 5.73 Å². The average molecular weight is 421 g/mol. The summed E-state index contributed by atoms with van der Waals surface area (Å²) in [7, 11) is 3.15. The predicted octanol–water partition coefficient (Wildman–Crippen LogP) is 2.00. The van der Waals surface area contributed by atoms with Gasteiger partial charge in [-0.25, -0.2) is 4.79 Å². The number of anilines is 1. The van der Waals surface area contributed by atoms with Gasteiger partial charge in [-0.05, 0) is 32.0 Å². The molecule has 0 radical (unpaired) electrons. The van der Waals surface area contributed by atoms with Gasteiger partial charge in [-0.15, -0.1) is 0 Å². The minimum Gasteiger partial charge on any atom is -0.465 e. The number of hydrogen-bond donors (Lipinski definition) is 2. The fourth-order valence-corrected chi connectivity index (χ4v) is 3.44. The fraction of sp³-hybridized carbons (Fsp3) is 0.450. The highest BCUT2D eigenvalue weighted by Gasteiger charge is 2.27. The SMILES string of the molecule is COC(=O)c1cn(C2CC2)c2cc(Cl)c(NCCN(C)CCC(N)=O)cc2c1=O. The van der Waals surface area contributed by atoms with Crippen LogP contribution in [-0.2, 0) is 9.53 Å². The second kappa shape index (κ2) is 8.84. The van der Waals surface area contributed by atoms with Crippen molar-refractivity contribution >= 4 is 40.1 Å². The van der Waals surface area contributed by atoms with Crippen molar-refractivity contribution in [3.63, 3.8) is 0 Å². The van der Waals surface area contributed by atoms with Gasteiger partial charge in [0.1, 0.15) is 5.56 Å². The molecule has 29 heavy (non-hydrogen) atoms. The number of carbonyl (C=O) groups excluding carboxylic acids is 2. The smallest absolute Gasteiger partial charge is 0.343 e. The number of fused-ring (bicyclic) bond motifs is 1. The number of nitrogens with one attached hydrogen (secondary N) is 1. The van der Waals surface area contributed by atoms with Crippen molar-refractivity contribution < 1.29 is 14.3 Å². The average Bonchev–Trinajstić information content (AvgIpc) is 3.52. The van der Waals surface area contributed by atoms with E-state index in [1.54, 1.807) is 18.3 Å². The Hall–Kier alpha value is -2.58. The molecule has 1 aliphatic rings. The van der Waals surface area contributed by atoms with Crippen molar-refractivity contribution in [2.75, 3.05) is 39.1 Å². The summed E-state index contributed by atoms with van der Waals surface area (Å²) in [4.78, 5) is 37.8. The molecule has 1 aliphatic carbocycles. The third-order valence-electron chi connectivity index (χ3n) is 5.02. The number of ether oxygens (including phenoxy) is 1. The van der Waals surface area contributed by atoms with Gasteiger partial charge in [-0.1, -0.05) is 11.6 Å². The third-order valence-corrected chi connectivity index (χ3v) is 5.33. The molecule has 1 aromatic heterocycles. The molecule has 1 aromatic carbocycles. The molecule has 1 heterocycles.